The molecule has 1 atom stereocenters. The highest BCUT2D eigenvalue weighted by atomic mass is 16.5. The zero-order valence-electron chi connectivity index (χ0n) is 12.1. The lowest BCUT2D eigenvalue weighted by atomic mass is 10.1. The molecule has 1 unspecified atom stereocenters. The van der Waals surface area contributed by atoms with Crippen LogP contribution in [0.2, 0.25) is 0 Å². The van der Waals surface area contributed by atoms with Crippen LogP contribution in [0.1, 0.15) is 37.3 Å². The monoisotopic (exact) mass is 261 g/mol. The van der Waals surface area contributed by atoms with E-state index < -0.39 is 0 Å². The molecule has 0 radical (unpaired) electrons. The minimum Gasteiger partial charge on any atom is -0.481 e. The topological polar surface area (TPSA) is 29.5 Å². The molecule has 0 saturated carbocycles. The molecule has 0 aromatic heterocycles. The molecular formula is C16H23NO2. The summed E-state index contributed by atoms with van der Waals surface area (Å²) in [5.41, 5.74) is 2.44. The highest BCUT2D eigenvalue weighted by Crippen LogP contribution is 2.20. The first-order valence-corrected chi connectivity index (χ1v) is 7.14. The molecule has 19 heavy (non-hydrogen) atoms. The van der Waals surface area contributed by atoms with Crippen LogP contribution in [0.3, 0.4) is 0 Å². The van der Waals surface area contributed by atoms with Crippen LogP contribution in [0.5, 0.6) is 5.75 Å². The normalized spacial score (nSPS) is 16.5. The van der Waals surface area contributed by atoms with Crippen molar-refractivity contribution in [2.24, 2.45) is 0 Å². The van der Waals surface area contributed by atoms with Crippen molar-refractivity contribution in [2.75, 3.05) is 13.1 Å². The second-order valence-corrected chi connectivity index (χ2v) is 5.29. The van der Waals surface area contributed by atoms with Crippen LogP contribution in [-0.2, 0) is 4.79 Å². The van der Waals surface area contributed by atoms with E-state index in [-0.39, 0.29) is 12.0 Å². The number of aryl methyl sites for hydroxylation is 2. The number of amides is 1. The summed E-state index contributed by atoms with van der Waals surface area (Å²) >= 11 is 0. The van der Waals surface area contributed by atoms with Crippen molar-refractivity contribution in [3.05, 3.63) is 29.3 Å². The third-order valence-corrected chi connectivity index (χ3v) is 3.82. The summed E-state index contributed by atoms with van der Waals surface area (Å²) in [5.74, 6) is 0.931. The van der Waals surface area contributed by atoms with Crippen molar-refractivity contribution in [3.63, 3.8) is 0 Å². The van der Waals surface area contributed by atoms with Gasteiger partial charge in [-0.1, -0.05) is 13.0 Å². The van der Waals surface area contributed by atoms with Gasteiger partial charge in [-0.15, -0.1) is 0 Å². The van der Waals surface area contributed by atoms with Gasteiger partial charge in [-0.25, -0.2) is 0 Å². The summed E-state index contributed by atoms with van der Waals surface area (Å²) in [6.07, 6.45) is 2.60. The van der Waals surface area contributed by atoms with Gasteiger partial charge < -0.3 is 9.64 Å². The zero-order chi connectivity index (χ0) is 13.8. The maximum Gasteiger partial charge on any atom is 0.263 e. The average Bonchev–Trinajstić information content (AvgIpc) is 2.93. The van der Waals surface area contributed by atoms with Crippen molar-refractivity contribution >= 4 is 5.91 Å². The van der Waals surface area contributed by atoms with Gasteiger partial charge in [-0.05, 0) is 56.4 Å². The summed E-state index contributed by atoms with van der Waals surface area (Å²) in [7, 11) is 0. The van der Waals surface area contributed by atoms with Crippen molar-refractivity contribution < 1.29 is 9.53 Å². The first kappa shape index (κ1) is 13.9. The summed E-state index contributed by atoms with van der Waals surface area (Å²) in [5, 5.41) is 0. The molecule has 0 bridgehead atoms. The fourth-order valence-corrected chi connectivity index (χ4v) is 2.40. The number of ether oxygens (including phenoxy) is 1. The van der Waals surface area contributed by atoms with Crippen molar-refractivity contribution in [1.82, 2.24) is 4.90 Å². The van der Waals surface area contributed by atoms with Gasteiger partial charge in [0.2, 0.25) is 0 Å². The number of hydrogen-bond donors (Lipinski definition) is 0. The Balaban J connectivity index is 2.05. The molecule has 1 aromatic rings. The Morgan fingerprint density at radius 2 is 1.95 bits per heavy atom. The number of carbonyl (C=O) groups is 1. The molecule has 0 aliphatic carbocycles. The molecule has 2 rings (SSSR count). The Morgan fingerprint density at radius 3 is 2.53 bits per heavy atom. The van der Waals surface area contributed by atoms with E-state index >= 15 is 0 Å². The van der Waals surface area contributed by atoms with Gasteiger partial charge >= 0.3 is 0 Å². The number of benzene rings is 1. The predicted molar refractivity (Wildman–Crippen MR) is 76.4 cm³/mol. The molecule has 1 amide bonds. The van der Waals surface area contributed by atoms with Crippen LogP contribution in [0.15, 0.2) is 18.2 Å². The first-order valence-electron chi connectivity index (χ1n) is 7.14. The number of likely N-dealkylation sites (tertiary alicyclic amines) is 1. The van der Waals surface area contributed by atoms with Crippen LogP contribution in [0, 0.1) is 13.8 Å². The van der Waals surface area contributed by atoms with Crippen LogP contribution in [0.4, 0.5) is 0 Å². The number of carbonyl (C=O) groups excluding carboxylic acids is 1. The molecular weight excluding hydrogens is 238 g/mol. The maximum absolute atomic E-state index is 12.3. The highest BCUT2D eigenvalue weighted by molar-refractivity contribution is 5.81. The zero-order valence-corrected chi connectivity index (χ0v) is 12.1. The lowest BCUT2D eigenvalue weighted by molar-refractivity contribution is -0.137. The summed E-state index contributed by atoms with van der Waals surface area (Å²) in [6, 6.07) is 6.00. The van der Waals surface area contributed by atoms with E-state index in [0.717, 1.165) is 31.7 Å². The molecule has 1 aromatic carbocycles. The van der Waals surface area contributed by atoms with Gasteiger partial charge in [-0.3, -0.25) is 4.79 Å². The Hall–Kier alpha value is -1.51. The van der Waals surface area contributed by atoms with Gasteiger partial charge in [0.05, 0.1) is 0 Å². The van der Waals surface area contributed by atoms with Gasteiger partial charge in [0.15, 0.2) is 6.10 Å². The van der Waals surface area contributed by atoms with Crippen LogP contribution >= 0.6 is 0 Å². The Kier molecular flexibility index (Phi) is 4.46. The molecule has 1 heterocycles. The van der Waals surface area contributed by atoms with Gasteiger partial charge in [0.25, 0.3) is 5.91 Å². The van der Waals surface area contributed by atoms with E-state index in [1.807, 2.05) is 30.0 Å². The smallest absolute Gasteiger partial charge is 0.263 e. The number of rotatable bonds is 4. The number of hydrogen-bond acceptors (Lipinski definition) is 2. The van der Waals surface area contributed by atoms with Crippen molar-refractivity contribution in [3.8, 4) is 5.75 Å². The van der Waals surface area contributed by atoms with Crippen LogP contribution in [-0.4, -0.2) is 30.0 Å². The molecule has 0 N–H and O–H groups in total. The SMILES string of the molecule is CCC(Oc1ccc(C)c(C)c1)C(=O)N1CCCC1. The molecule has 3 nitrogen and oxygen atoms in total. The van der Waals surface area contributed by atoms with Crippen LogP contribution < -0.4 is 4.74 Å². The maximum atomic E-state index is 12.3. The Labute approximate surface area is 115 Å². The first-order chi connectivity index (χ1) is 9.11. The lowest BCUT2D eigenvalue weighted by Gasteiger charge is -2.23. The van der Waals surface area contributed by atoms with E-state index in [0.29, 0.717) is 6.42 Å². The molecule has 1 fully saturated rings. The van der Waals surface area contributed by atoms with Crippen molar-refractivity contribution in [1.29, 1.82) is 0 Å². The van der Waals surface area contributed by atoms with Gasteiger partial charge in [0.1, 0.15) is 5.75 Å². The Morgan fingerprint density at radius 1 is 1.26 bits per heavy atom. The molecule has 1 aliphatic heterocycles. The molecule has 1 aliphatic rings. The minimum absolute atomic E-state index is 0.137. The predicted octanol–water partition coefficient (Wildman–Crippen LogP) is 3.08. The standard InChI is InChI=1S/C16H23NO2/c1-4-15(16(18)17-9-5-6-10-17)19-14-8-7-12(2)13(3)11-14/h7-8,11,15H,4-6,9-10H2,1-3H3. The van der Waals surface area contributed by atoms with E-state index in [9.17, 15) is 4.79 Å². The average molecular weight is 261 g/mol. The van der Waals surface area contributed by atoms with Gasteiger partial charge in [-0.2, -0.15) is 0 Å². The fourth-order valence-electron chi connectivity index (χ4n) is 2.40. The molecule has 3 heteroatoms. The van der Waals surface area contributed by atoms with E-state index in [1.54, 1.807) is 0 Å². The van der Waals surface area contributed by atoms with E-state index in [4.69, 9.17) is 4.74 Å². The third kappa shape index (κ3) is 3.28. The fraction of sp³-hybridized carbons (Fsp3) is 0.562. The van der Waals surface area contributed by atoms with Crippen molar-refractivity contribution in [2.45, 2.75) is 46.1 Å². The summed E-state index contributed by atoms with van der Waals surface area (Å²) < 4.78 is 5.88. The minimum atomic E-state index is -0.347. The third-order valence-electron chi connectivity index (χ3n) is 3.82. The second kappa shape index (κ2) is 6.09. The summed E-state index contributed by atoms with van der Waals surface area (Å²) in [6.45, 7) is 7.90. The lowest BCUT2D eigenvalue weighted by Crippen LogP contribution is -2.40. The van der Waals surface area contributed by atoms with Gasteiger partial charge in [0, 0.05) is 13.1 Å². The summed E-state index contributed by atoms with van der Waals surface area (Å²) in [4.78, 5) is 14.3. The van der Waals surface area contributed by atoms with E-state index in [1.165, 1.54) is 11.1 Å². The van der Waals surface area contributed by atoms with E-state index in [2.05, 4.69) is 13.8 Å². The highest BCUT2D eigenvalue weighted by Gasteiger charge is 2.26. The second-order valence-electron chi connectivity index (χ2n) is 5.29. The molecule has 0 spiro atoms. The number of nitrogens with zero attached hydrogens (tertiary/aromatic N) is 1. The largest absolute Gasteiger partial charge is 0.481 e. The molecule has 104 valence electrons. The van der Waals surface area contributed by atoms with Crippen LogP contribution in [0.25, 0.3) is 0 Å². The Bertz CT molecular complexity index is 450. The quantitative estimate of drug-likeness (QED) is 0.833. The molecule has 1 saturated heterocycles.